The van der Waals surface area contributed by atoms with Crippen molar-refractivity contribution >= 4 is 47.3 Å². The fourth-order valence-corrected chi connectivity index (χ4v) is 15.8. The number of methoxy groups -OCH3 is 2. The molecular weight excluding hydrogens is 1670 g/mol. The van der Waals surface area contributed by atoms with Gasteiger partial charge in [0.05, 0.1) is 53.7 Å². The summed E-state index contributed by atoms with van der Waals surface area (Å²) in [4.78, 5) is 103. The van der Waals surface area contributed by atoms with Crippen LogP contribution in [-0.2, 0) is 56.5 Å². The summed E-state index contributed by atoms with van der Waals surface area (Å²) in [7, 11) is 3.25. The van der Waals surface area contributed by atoms with Crippen LogP contribution in [0.4, 0.5) is 36.8 Å². The molecule has 0 atom stereocenters. The third kappa shape index (κ3) is 23.4. The predicted molar refractivity (Wildman–Crippen MR) is 495 cm³/mol. The zero-order valence-corrected chi connectivity index (χ0v) is 74.5. The second-order valence-corrected chi connectivity index (χ2v) is 32.3. The summed E-state index contributed by atoms with van der Waals surface area (Å²) >= 11 is 0. The summed E-state index contributed by atoms with van der Waals surface area (Å²) in [5.41, 5.74) is 14.6. The van der Waals surface area contributed by atoms with Gasteiger partial charge in [0.25, 0.3) is 0 Å². The normalized spacial score (nSPS) is 13.9. The molecule has 131 heavy (non-hydrogen) atoms. The Kier molecular flexibility index (Phi) is 30.0. The van der Waals surface area contributed by atoms with Crippen LogP contribution in [0.5, 0.6) is 5.75 Å². The number of amides is 4. The number of carbonyl (C=O) groups is 4. The van der Waals surface area contributed by atoms with E-state index in [2.05, 4.69) is 64.6 Å². The Morgan fingerprint density at radius 3 is 1.15 bits per heavy atom. The van der Waals surface area contributed by atoms with Crippen molar-refractivity contribution in [2.24, 2.45) is 0 Å². The molecule has 30 nitrogen and oxygen atoms in total. The second kappa shape index (κ2) is 43.3. The molecule has 0 bridgehead atoms. The Bertz CT molecular complexity index is 6140. The minimum atomic E-state index is -0.254. The number of pyridine rings is 2. The number of nitrogens with zero attached hydrogens (tertiary/aromatic N) is 24. The lowest BCUT2D eigenvalue weighted by Gasteiger charge is -2.35. The fraction of sp³-hybridized carbons (Fsp3) is 0.306. The maximum atomic E-state index is 13.8. The third-order valence-corrected chi connectivity index (χ3v) is 23.3. The molecule has 18 rings (SSSR count). The predicted octanol–water partition coefficient (Wildman–Crippen LogP) is 12.6. The average molecular weight is 1770 g/mol. The molecule has 4 saturated heterocycles. The highest BCUT2D eigenvalue weighted by atomic mass is 19.1. The van der Waals surface area contributed by atoms with Gasteiger partial charge in [0, 0.05) is 184 Å². The van der Waals surface area contributed by atoms with Gasteiger partial charge in [-0.25, -0.2) is 48.1 Å². The van der Waals surface area contributed by atoms with Gasteiger partial charge in [-0.2, -0.15) is 20.4 Å². The zero-order valence-electron chi connectivity index (χ0n) is 74.5. The molecule has 5 aromatic carbocycles. The van der Waals surface area contributed by atoms with Gasteiger partial charge in [-0.1, -0.05) is 72.8 Å². The molecule has 4 fully saturated rings. The minimum Gasteiger partial charge on any atom is -0.494 e. The van der Waals surface area contributed by atoms with Crippen LogP contribution in [0.1, 0.15) is 40.1 Å². The Balaban J connectivity index is 0.000000134. The van der Waals surface area contributed by atoms with Crippen molar-refractivity contribution in [3.05, 3.63) is 283 Å². The van der Waals surface area contributed by atoms with E-state index in [1.54, 1.807) is 146 Å². The number of carbonyl (C=O) groups excluding carboxylic acids is 4. The Labute approximate surface area is 758 Å². The molecule has 0 N–H and O–H groups in total. The van der Waals surface area contributed by atoms with E-state index in [1.165, 1.54) is 18.2 Å². The number of hydrogen-bond acceptors (Lipinski definition) is 22. The van der Waals surface area contributed by atoms with Crippen molar-refractivity contribution in [1.29, 1.82) is 0 Å². The van der Waals surface area contributed by atoms with E-state index in [-0.39, 0.29) is 67.3 Å². The number of benzene rings is 5. The van der Waals surface area contributed by atoms with E-state index in [0.717, 1.165) is 111 Å². The number of anilines is 4. The van der Waals surface area contributed by atoms with Crippen LogP contribution in [0.25, 0.3) is 67.7 Å². The fourth-order valence-electron chi connectivity index (χ4n) is 15.8. The van der Waals surface area contributed by atoms with E-state index >= 15 is 0 Å². The molecule has 0 unspecified atom stereocenters. The molecule has 0 saturated carbocycles. The summed E-state index contributed by atoms with van der Waals surface area (Å²) < 4.78 is 58.4. The molecule has 9 aromatic heterocycles. The van der Waals surface area contributed by atoms with E-state index in [4.69, 9.17) is 24.8 Å². The maximum Gasteiger partial charge on any atom is 0.244 e. The maximum absolute atomic E-state index is 13.8. The Hall–Kier alpha value is -14.9. The van der Waals surface area contributed by atoms with Crippen molar-refractivity contribution < 1.29 is 41.8 Å². The van der Waals surface area contributed by atoms with E-state index in [1.807, 2.05) is 155 Å². The van der Waals surface area contributed by atoms with Gasteiger partial charge in [0.1, 0.15) is 55.1 Å². The summed E-state index contributed by atoms with van der Waals surface area (Å²) in [6.45, 7) is 21.0. The highest BCUT2D eigenvalue weighted by molar-refractivity contribution is 5.80. The largest absolute Gasteiger partial charge is 0.494 e. The first-order chi connectivity index (χ1) is 63.7. The molecular formula is C98H105F3N24O6. The lowest BCUT2D eigenvalue weighted by molar-refractivity contribution is -0.133. The van der Waals surface area contributed by atoms with Crippen LogP contribution in [0.3, 0.4) is 0 Å². The molecule has 0 spiro atoms. The van der Waals surface area contributed by atoms with Gasteiger partial charge < -0.3 is 48.7 Å². The monoisotopic (exact) mass is 1770 g/mol. The molecule has 14 aromatic rings. The molecule has 0 aliphatic carbocycles. The summed E-state index contributed by atoms with van der Waals surface area (Å²) in [6.07, 6.45) is 15.4. The van der Waals surface area contributed by atoms with Gasteiger partial charge in [0.2, 0.25) is 41.5 Å². The smallest absolute Gasteiger partial charge is 0.244 e. The first-order valence-electron chi connectivity index (χ1n) is 43.8. The minimum absolute atomic E-state index is 0.00702. The van der Waals surface area contributed by atoms with Crippen LogP contribution in [0, 0.1) is 52.1 Å². The first-order valence-corrected chi connectivity index (χ1v) is 43.8. The number of hydrogen-bond donors (Lipinski definition) is 0. The quantitative estimate of drug-likeness (QED) is 0.0538. The zero-order chi connectivity index (χ0) is 91.3. The van der Waals surface area contributed by atoms with Gasteiger partial charge in [-0.3, -0.25) is 42.9 Å². The molecule has 33 heteroatoms. The first kappa shape index (κ1) is 90.9. The van der Waals surface area contributed by atoms with Gasteiger partial charge in [0.15, 0.2) is 5.75 Å². The van der Waals surface area contributed by atoms with Crippen molar-refractivity contribution in [2.75, 3.05) is 145 Å². The number of piperazine rings is 4. The number of rotatable bonds is 23. The topological polar surface area (TPSA) is 287 Å². The van der Waals surface area contributed by atoms with Crippen LogP contribution >= 0.6 is 0 Å². The van der Waals surface area contributed by atoms with Crippen molar-refractivity contribution in [2.45, 2.75) is 73.6 Å². The number of aryl methyl sites for hydroxylation is 6. The van der Waals surface area contributed by atoms with Gasteiger partial charge in [-0.15, -0.1) is 0 Å². The Morgan fingerprint density at radius 2 is 0.725 bits per heavy atom. The number of aromatic nitrogens is 16. The standard InChI is InChI=1S/C27H27FN6O2.C26H26N6O.C24H29FN6O2.C21H23FN6O/c1-19-14-21(8-9-23(19)28)24-15-25(20-6-4-3-5-7-20)34(31-24)18-26(35)32-10-12-33(13-11-32)27-29-16-22(36-2)17-30-27;1-20-10-11-22(28-18-20)23-17-24(21-7-3-2-4-8-21)32(29-23)19-26(33)31-15-13-30(14-16-31)25-9-5-6-12-27-25;1-18-15-19(6-7-21(18)25)22-16-20(5-3-14-33-2)31(28-22)17-23(32)29-10-12-30(13-11-29)24-26-8-4-9-27-24;1-15-12-17(4-5-18(15)22)19-13-16(2)28(25-19)14-20(29)26-8-10-27(11-9-26)21-23-6-3-7-24-21/h3-9,14-17H,10-13,18H2,1-2H3;2-12,17-18H,13-16,19H2,1H3;4,6-9,15-16H,3,5,10-14,17H2,1-2H3;3-7,12-13H,8-11,14H2,1-2H3. The summed E-state index contributed by atoms with van der Waals surface area (Å²) in [6, 6.07) is 56.1. The van der Waals surface area contributed by atoms with Crippen LogP contribution in [-0.4, -0.2) is 248 Å². The van der Waals surface area contributed by atoms with Gasteiger partial charge >= 0.3 is 0 Å². The van der Waals surface area contributed by atoms with Crippen LogP contribution in [0.2, 0.25) is 0 Å². The van der Waals surface area contributed by atoms with Gasteiger partial charge in [-0.05, 0) is 190 Å². The molecule has 4 amide bonds. The molecule has 674 valence electrons. The molecule has 0 radical (unpaired) electrons. The SMILES string of the molecule is COCCCc1cc(-c2ccc(F)c(C)c2)nn1CC(=O)N1CCN(c2ncccn2)CC1.COc1cnc(N2CCN(C(=O)Cn3nc(-c4ccc(F)c(C)c4)cc3-c3ccccc3)CC2)nc1.Cc1cc(-c2cc(C)n(CC(=O)N3CCN(c4ncccn4)CC3)n2)ccc1F.Cc1ccc(-c2cc(-c3ccccc3)n(CC(=O)N3CCN(c4ccccn4)CC3)n2)nc1. The van der Waals surface area contributed by atoms with Crippen LogP contribution < -0.4 is 24.3 Å². The second-order valence-electron chi connectivity index (χ2n) is 32.3. The molecule has 4 aliphatic heterocycles. The number of halogens is 3. The van der Waals surface area contributed by atoms with E-state index in [0.29, 0.717) is 144 Å². The molecule has 13 heterocycles. The highest BCUT2D eigenvalue weighted by Gasteiger charge is 2.30. The summed E-state index contributed by atoms with van der Waals surface area (Å²) in [5.74, 6) is 2.97. The lowest BCUT2D eigenvalue weighted by Crippen LogP contribution is -2.50. The van der Waals surface area contributed by atoms with E-state index in [9.17, 15) is 32.3 Å². The third-order valence-electron chi connectivity index (χ3n) is 23.3. The summed E-state index contributed by atoms with van der Waals surface area (Å²) in [5, 5.41) is 18.8. The van der Waals surface area contributed by atoms with Crippen molar-refractivity contribution in [3.63, 3.8) is 0 Å². The highest BCUT2D eigenvalue weighted by Crippen LogP contribution is 2.32. The average Bonchev–Trinajstić information content (AvgIpc) is 1.68. The van der Waals surface area contributed by atoms with Crippen LogP contribution in [0.15, 0.2) is 232 Å². The lowest BCUT2D eigenvalue weighted by atomic mass is 10.1. The van der Waals surface area contributed by atoms with Crippen molar-refractivity contribution in [1.82, 2.24) is 98.6 Å². The Morgan fingerprint density at radius 1 is 0.336 bits per heavy atom. The number of ether oxygens (including phenoxy) is 2. The van der Waals surface area contributed by atoms with Crippen molar-refractivity contribution in [3.8, 4) is 73.4 Å². The van der Waals surface area contributed by atoms with E-state index < -0.39 is 0 Å². The molecule has 4 aliphatic rings.